The summed E-state index contributed by atoms with van der Waals surface area (Å²) in [6.07, 6.45) is 12.9. The largest absolute Gasteiger partial charge is 0.456 e. The first kappa shape index (κ1) is 35.9. The number of furan rings is 2. The third-order valence-electron chi connectivity index (χ3n) is 13.6. The molecule has 4 nitrogen and oxygen atoms in total. The molecule has 0 saturated heterocycles. The van der Waals surface area contributed by atoms with Crippen molar-refractivity contribution in [2.75, 3.05) is 0 Å². The van der Waals surface area contributed by atoms with Crippen molar-refractivity contribution in [3.05, 3.63) is 230 Å². The Labute approximate surface area is 373 Å². The quantitative estimate of drug-likeness (QED) is 0.173. The molecule has 13 aromatic rings. The summed E-state index contributed by atoms with van der Waals surface area (Å²) in [5, 5.41) is 9.32. The molecule has 0 bridgehead atoms. The summed E-state index contributed by atoms with van der Waals surface area (Å²) in [7, 11) is 0. The van der Waals surface area contributed by atoms with Crippen LogP contribution in [0.25, 0.3) is 121 Å². The summed E-state index contributed by atoms with van der Waals surface area (Å²) < 4.78 is 17.6. The lowest BCUT2D eigenvalue weighted by Gasteiger charge is -2.12. The van der Waals surface area contributed by atoms with Crippen molar-refractivity contribution < 1.29 is 8.83 Å². The minimum absolute atomic E-state index is 0.246. The Morgan fingerprint density at radius 2 is 0.923 bits per heavy atom. The molecule has 0 saturated carbocycles. The zero-order chi connectivity index (χ0) is 42.6. The molecule has 4 heterocycles. The first-order chi connectivity index (χ1) is 32.2. The SMILES string of the molecule is C1=CC=CC(c2cccc(-c3ccc(-n4c5ccccc5c5c6c7ccc(-c8ccc9oc%10ccccc%10c9c8)cc7n(-c7cccc8oc9ccccc9c78)c6ccc54)cc3)c2)C=C1. The summed E-state index contributed by atoms with van der Waals surface area (Å²) in [6, 6.07) is 68.2. The van der Waals surface area contributed by atoms with Crippen LogP contribution >= 0.6 is 0 Å². The highest BCUT2D eigenvalue weighted by Gasteiger charge is 2.23. The van der Waals surface area contributed by atoms with Crippen molar-refractivity contribution in [2.24, 2.45) is 0 Å². The second-order valence-electron chi connectivity index (χ2n) is 17.2. The molecule has 0 fully saturated rings. The predicted octanol–water partition coefficient (Wildman–Crippen LogP) is 16.8. The van der Waals surface area contributed by atoms with Gasteiger partial charge in [-0.05, 0) is 101 Å². The summed E-state index contributed by atoms with van der Waals surface area (Å²) in [6.45, 7) is 0. The topological polar surface area (TPSA) is 36.1 Å². The highest BCUT2D eigenvalue weighted by Crippen LogP contribution is 2.45. The zero-order valence-electron chi connectivity index (χ0n) is 35.2. The van der Waals surface area contributed by atoms with Gasteiger partial charge in [0.25, 0.3) is 0 Å². The van der Waals surface area contributed by atoms with E-state index in [0.29, 0.717) is 0 Å². The summed E-state index contributed by atoms with van der Waals surface area (Å²) in [5.41, 5.74) is 16.3. The monoisotopic (exact) mass is 830 g/mol. The fraction of sp³-hybridized carbons (Fsp3) is 0.0164. The van der Waals surface area contributed by atoms with Crippen LogP contribution in [0.2, 0.25) is 0 Å². The second kappa shape index (κ2) is 14.0. The molecule has 0 radical (unpaired) electrons. The number of rotatable bonds is 5. The summed E-state index contributed by atoms with van der Waals surface area (Å²) in [5.74, 6) is 0.246. The van der Waals surface area contributed by atoms with Crippen molar-refractivity contribution in [3.8, 4) is 33.6 Å². The van der Waals surface area contributed by atoms with Crippen LogP contribution in [-0.4, -0.2) is 9.13 Å². The van der Waals surface area contributed by atoms with Crippen LogP contribution in [0.4, 0.5) is 0 Å². The Morgan fingerprint density at radius 3 is 1.75 bits per heavy atom. The van der Waals surface area contributed by atoms with E-state index in [9.17, 15) is 0 Å². The first-order valence-electron chi connectivity index (χ1n) is 22.3. The van der Waals surface area contributed by atoms with Gasteiger partial charge in [-0.2, -0.15) is 0 Å². The molecule has 0 unspecified atom stereocenters. The van der Waals surface area contributed by atoms with Gasteiger partial charge in [0, 0.05) is 49.3 Å². The predicted molar refractivity (Wildman–Crippen MR) is 271 cm³/mol. The number of hydrogen-bond acceptors (Lipinski definition) is 2. The Morgan fingerprint density at radius 1 is 0.323 bits per heavy atom. The molecule has 0 atom stereocenters. The molecule has 0 aliphatic heterocycles. The van der Waals surface area contributed by atoms with E-state index in [1.54, 1.807) is 0 Å². The maximum Gasteiger partial charge on any atom is 0.137 e. The van der Waals surface area contributed by atoms with Crippen LogP contribution in [0.1, 0.15) is 11.5 Å². The highest BCUT2D eigenvalue weighted by molar-refractivity contribution is 6.29. The lowest BCUT2D eigenvalue weighted by atomic mass is 9.94. The average Bonchev–Trinajstić information content (AvgIpc) is 4.05. The molecule has 65 heavy (non-hydrogen) atoms. The number of para-hydroxylation sites is 3. The Hall–Kier alpha value is -8.60. The lowest BCUT2D eigenvalue weighted by Crippen LogP contribution is -1.96. The maximum atomic E-state index is 6.50. The Kier molecular flexibility index (Phi) is 7.71. The van der Waals surface area contributed by atoms with Crippen molar-refractivity contribution in [1.29, 1.82) is 0 Å². The molecule has 1 aliphatic carbocycles. The van der Waals surface area contributed by atoms with Gasteiger partial charge in [-0.15, -0.1) is 0 Å². The Balaban J connectivity index is 0.998. The standard InChI is InChI=1S/C61H38N2O2/c1-2-4-14-38(13-3-1)40-15-11-16-41(35-40)39-25-29-44(30-26-39)62-50-20-8-5-18-46(50)60-52(62)32-33-53-61(60)47-31-27-43(42-28-34-57-49(36-42)45-17-6-9-22-55(45)64-57)37-54(47)63(53)51-21-12-24-58-59(51)48-19-7-10-23-56(48)65-58/h1-38H. The summed E-state index contributed by atoms with van der Waals surface area (Å²) >= 11 is 0. The first-order valence-corrected chi connectivity index (χ1v) is 22.3. The van der Waals surface area contributed by atoms with Gasteiger partial charge >= 0.3 is 0 Å². The van der Waals surface area contributed by atoms with E-state index in [4.69, 9.17) is 8.83 Å². The molecule has 0 amide bonds. The van der Waals surface area contributed by atoms with E-state index in [1.165, 1.54) is 49.3 Å². The van der Waals surface area contributed by atoms with Crippen molar-refractivity contribution in [2.45, 2.75) is 5.92 Å². The van der Waals surface area contributed by atoms with Crippen LogP contribution in [0, 0.1) is 0 Å². The lowest BCUT2D eigenvalue weighted by molar-refractivity contribution is 0.668. The molecule has 0 N–H and O–H groups in total. The van der Waals surface area contributed by atoms with Crippen molar-refractivity contribution in [3.63, 3.8) is 0 Å². The molecule has 304 valence electrons. The van der Waals surface area contributed by atoms with Crippen LogP contribution < -0.4 is 0 Å². The van der Waals surface area contributed by atoms with Crippen LogP contribution in [0.3, 0.4) is 0 Å². The van der Waals surface area contributed by atoms with Crippen LogP contribution in [0.5, 0.6) is 0 Å². The minimum Gasteiger partial charge on any atom is -0.456 e. The molecule has 0 spiro atoms. The molecule has 4 aromatic heterocycles. The van der Waals surface area contributed by atoms with Crippen molar-refractivity contribution >= 4 is 87.5 Å². The number of hydrogen-bond donors (Lipinski definition) is 0. The number of benzene rings is 9. The second-order valence-corrected chi connectivity index (χ2v) is 17.2. The zero-order valence-corrected chi connectivity index (χ0v) is 35.2. The van der Waals surface area contributed by atoms with Gasteiger partial charge in [0.05, 0.1) is 33.1 Å². The smallest absolute Gasteiger partial charge is 0.137 e. The van der Waals surface area contributed by atoms with Gasteiger partial charge in [0.15, 0.2) is 0 Å². The van der Waals surface area contributed by atoms with Gasteiger partial charge in [-0.25, -0.2) is 0 Å². The molecular weight excluding hydrogens is 793 g/mol. The Bertz CT molecular complexity index is 4170. The van der Waals surface area contributed by atoms with Crippen LogP contribution in [-0.2, 0) is 0 Å². The van der Waals surface area contributed by atoms with Gasteiger partial charge < -0.3 is 18.0 Å². The summed E-state index contributed by atoms with van der Waals surface area (Å²) in [4.78, 5) is 0. The number of allylic oxidation sites excluding steroid dienone is 6. The average molecular weight is 831 g/mol. The minimum atomic E-state index is 0.246. The fourth-order valence-corrected chi connectivity index (χ4v) is 10.6. The fourth-order valence-electron chi connectivity index (χ4n) is 10.6. The van der Waals surface area contributed by atoms with E-state index in [-0.39, 0.29) is 5.92 Å². The third-order valence-corrected chi connectivity index (χ3v) is 13.6. The van der Waals surface area contributed by atoms with E-state index >= 15 is 0 Å². The number of aromatic nitrogens is 2. The van der Waals surface area contributed by atoms with Gasteiger partial charge in [0.1, 0.15) is 22.3 Å². The van der Waals surface area contributed by atoms with Gasteiger partial charge in [0.2, 0.25) is 0 Å². The van der Waals surface area contributed by atoms with Gasteiger partial charge in [-0.3, -0.25) is 0 Å². The van der Waals surface area contributed by atoms with Crippen LogP contribution in [0.15, 0.2) is 233 Å². The molecule has 1 aliphatic rings. The molecular formula is C61H38N2O2. The van der Waals surface area contributed by atoms with Crippen molar-refractivity contribution in [1.82, 2.24) is 9.13 Å². The van der Waals surface area contributed by atoms with E-state index in [1.807, 2.05) is 18.2 Å². The third kappa shape index (κ3) is 5.44. The molecule has 4 heteroatoms. The van der Waals surface area contributed by atoms with E-state index in [0.717, 1.165) is 77.4 Å². The molecule has 14 rings (SSSR count). The van der Waals surface area contributed by atoms with E-state index < -0.39 is 0 Å². The molecule has 9 aromatic carbocycles. The number of fused-ring (bicyclic) bond motifs is 13. The van der Waals surface area contributed by atoms with E-state index in [2.05, 4.69) is 215 Å². The highest BCUT2D eigenvalue weighted by atomic mass is 16.3. The normalized spacial score (nSPS) is 13.3. The maximum absolute atomic E-state index is 6.50. The number of nitrogens with zero attached hydrogens (tertiary/aromatic N) is 2. The van der Waals surface area contributed by atoms with Gasteiger partial charge in [-0.1, -0.05) is 152 Å².